The molecule has 3 N–H and O–H groups in total. The van der Waals surface area contributed by atoms with E-state index in [0.717, 1.165) is 12.0 Å². The molecule has 14 heteroatoms. The van der Waals surface area contributed by atoms with Crippen molar-refractivity contribution in [3.05, 3.63) is 47.6 Å². The Morgan fingerprint density at radius 2 is 1.58 bits per heavy atom. The summed E-state index contributed by atoms with van der Waals surface area (Å²) in [6.45, 7) is 12.7. The van der Waals surface area contributed by atoms with E-state index < -0.39 is 83.9 Å². The van der Waals surface area contributed by atoms with Crippen molar-refractivity contribution >= 4 is 29.2 Å². The molecule has 0 aromatic rings. The number of carbonyl (C=O) groups excluding carboxylic acids is 5. The van der Waals surface area contributed by atoms with E-state index in [1.807, 2.05) is 58.1 Å². The van der Waals surface area contributed by atoms with E-state index in [1.165, 1.54) is 12.0 Å². The Morgan fingerprint density at radius 3 is 2.26 bits per heavy atom. The first-order valence-electron chi connectivity index (χ1n) is 23.9. The van der Waals surface area contributed by atoms with Crippen molar-refractivity contribution < 1.29 is 63.0 Å². The quantitative estimate of drug-likeness (QED) is 0.202. The maximum Gasteiger partial charge on any atom is 0.329 e. The predicted octanol–water partition coefficient (Wildman–Crippen LogP) is 6.18. The van der Waals surface area contributed by atoms with Gasteiger partial charge in [0.1, 0.15) is 18.2 Å². The number of Topliss-reactive ketones (excluding diaryl/α,β-unsaturated/α-hetero) is 3. The average molecular weight is 914 g/mol. The lowest BCUT2D eigenvalue weighted by atomic mass is 9.78. The number of rotatable bonds is 6. The van der Waals surface area contributed by atoms with Crippen molar-refractivity contribution in [2.24, 2.45) is 35.5 Å². The smallest absolute Gasteiger partial charge is 0.329 e. The van der Waals surface area contributed by atoms with Crippen molar-refractivity contribution in [2.45, 2.75) is 180 Å². The van der Waals surface area contributed by atoms with Crippen LogP contribution < -0.4 is 0 Å². The molecule has 15 atom stereocenters. The van der Waals surface area contributed by atoms with Crippen LogP contribution in [0.3, 0.4) is 0 Å². The van der Waals surface area contributed by atoms with E-state index in [-0.39, 0.29) is 54.8 Å². The number of ether oxygens (including phenoxy) is 5. The summed E-state index contributed by atoms with van der Waals surface area (Å²) in [6.07, 6.45) is 11.2. The molecular formula is C51H79NO13. The van der Waals surface area contributed by atoms with E-state index in [4.69, 9.17) is 23.7 Å². The Balaban J connectivity index is 1.70. The molecule has 3 fully saturated rings. The summed E-state index contributed by atoms with van der Waals surface area (Å²) in [7, 11) is 4.53. The Hall–Kier alpha value is -3.37. The van der Waals surface area contributed by atoms with Crippen LogP contribution in [0.4, 0.5) is 0 Å². The molecule has 65 heavy (non-hydrogen) atoms. The number of nitrogens with zero attached hydrogens (tertiary/aromatic N) is 1. The molecule has 1 saturated carbocycles. The number of ketones is 3. The van der Waals surface area contributed by atoms with E-state index in [0.29, 0.717) is 63.4 Å². The summed E-state index contributed by atoms with van der Waals surface area (Å²) in [5, 5.41) is 33.9. The lowest BCUT2D eigenvalue weighted by Crippen LogP contribution is -2.61. The van der Waals surface area contributed by atoms with Gasteiger partial charge in [0, 0.05) is 58.5 Å². The van der Waals surface area contributed by atoms with Gasteiger partial charge in [-0.2, -0.15) is 0 Å². The van der Waals surface area contributed by atoms with Gasteiger partial charge in [0.2, 0.25) is 5.79 Å². The van der Waals surface area contributed by atoms with Crippen LogP contribution in [-0.2, 0) is 47.7 Å². The van der Waals surface area contributed by atoms with Gasteiger partial charge >= 0.3 is 5.97 Å². The van der Waals surface area contributed by atoms with Crippen LogP contribution in [0.25, 0.3) is 0 Å². The summed E-state index contributed by atoms with van der Waals surface area (Å²) < 4.78 is 29.4. The van der Waals surface area contributed by atoms with E-state index in [1.54, 1.807) is 41.1 Å². The topological polar surface area (TPSA) is 195 Å². The second kappa shape index (κ2) is 25.1. The van der Waals surface area contributed by atoms with Crippen LogP contribution >= 0.6 is 0 Å². The normalized spacial score (nSPS) is 37.8. The number of allylic oxidation sites excluding steroid dienone is 6. The third-order valence-corrected chi connectivity index (χ3v) is 14.5. The number of piperidine rings is 1. The Morgan fingerprint density at radius 1 is 0.862 bits per heavy atom. The van der Waals surface area contributed by atoms with E-state index >= 15 is 0 Å². The first-order chi connectivity index (χ1) is 30.7. The Bertz CT molecular complexity index is 1760. The standard InChI is InChI=1S/C51H79NO13/c1-30-16-12-11-13-17-31(2)42(61-8)28-38-21-19-36(7)51(60,65-38)48(57)49(58)52-23-15-14-18-39(52)50(59)64-43(33(4)26-37-20-22-40(53)44(27-37)62-9)29-41(54)32(3)25-35(6)46(56)47(63-10)45(55)34(5)24-30/h11-13,16-17,25,30,33-40,42-44,46-47,53,56,60H,14-15,18-24,26-29H2,1-10H3/t30-,33-,34-,35?,36-,37+,38+,39+,40-,42+,43?,44-,46+,47+,51-/m1/s1. The highest BCUT2D eigenvalue weighted by Crippen LogP contribution is 2.38. The molecule has 0 aromatic heterocycles. The van der Waals surface area contributed by atoms with Crippen LogP contribution in [0.5, 0.6) is 0 Å². The van der Waals surface area contributed by atoms with Crippen LogP contribution in [-0.4, -0.2) is 132 Å². The summed E-state index contributed by atoms with van der Waals surface area (Å²) >= 11 is 0. The zero-order valence-electron chi connectivity index (χ0n) is 40.6. The molecule has 4 rings (SSSR count). The molecule has 2 saturated heterocycles. The lowest BCUT2D eigenvalue weighted by Gasteiger charge is -2.42. The van der Waals surface area contributed by atoms with Gasteiger partial charge in [-0.1, -0.05) is 71.1 Å². The number of methoxy groups -OCH3 is 3. The highest BCUT2D eigenvalue weighted by atomic mass is 16.6. The summed E-state index contributed by atoms with van der Waals surface area (Å²) in [6, 6.07) is -1.14. The fourth-order valence-electron chi connectivity index (χ4n) is 10.1. The van der Waals surface area contributed by atoms with E-state index in [2.05, 4.69) is 0 Å². The van der Waals surface area contributed by atoms with Crippen molar-refractivity contribution in [2.75, 3.05) is 27.9 Å². The molecule has 14 nitrogen and oxygen atoms in total. The molecule has 366 valence electrons. The molecule has 1 aliphatic carbocycles. The number of hydrogen-bond acceptors (Lipinski definition) is 13. The second-order valence-corrected chi connectivity index (χ2v) is 19.6. The first kappa shape index (κ1) is 54.2. The minimum Gasteiger partial charge on any atom is -0.460 e. The SMILES string of the molecule is CO[C@H]1C[C@@H]2CC[C@@H](C)[C@@](O)(O2)C(=O)C(=O)N2CCCC[C@H]2C(=O)OC([C@H](C)C[C@@H]2CC[C@@H](O)[C@H](OC)C2)CC(=O)C(C)=CC(C)[C@H](O)[C@@H](OC)C(=O)[C@H](C)C[C@H](C)C=CC=CC=C1C. The molecule has 3 heterocycles. The monoisotopic (exact) mass is 914 g/mol. The van der Waals surface area contributed by atoms with Crippen molar-refractivity contribution in [1.29, 1.82) is 0 Å². The van der Waals surface area contributed by atoms with Crippen LogP contribution in [0.2, 0.25) is 0 Å². The molecule has 0 spiro atoms. The van der Waals surface area contributed by atoms with Crippen molar-refractivity contribution in [1.82, 2.24) is 4.90 Å². The summed E-state index contributed by atoms with van der Waals surface area (Å²) in [4.78, 5) is 71.7. The lowest BCUT2D eigenvalue weighted by molar-refractivity contribution is -0.265. The van der Waals surface area contributed by atoms with Gasteiger partial charge in [0.25, 0.3) is 11.7 Å². The van der Waals surface area contributed by atoms with E-state index in [9.17, 15) is 39.3 Å². The maximum absolute atomic E-state index is 14.4. The number of esters is 1. The average Bonchev–Trinajstić information content (AvgIpc) is 3.28. The van der Waals surface area contributed by atoms with Gasteiger partial charge in [0.15, 0.2) is 11.6 Å². The highest BCUT2D eigenvalue weighted by molar-refractivity contribution is 6.39. The van der Waals surface area contributed by atoms with Gasteiger partial charge in [-0.3, -0.25) is 19.2 Å². The number of cyclic esters (lactones) is 1. The summed E-state index contributed by atoms with van der Waals surface area (Å²) in [5.74, 6) is -7.93. The second-order valence-electron chi connectivity index (χ2n) is 19.6. The number of fused-ring (bicyclic) bond motifs is 3. The van der Waals surface area contributed by atoms with Crippen LogP contribution in [0.1, 0.15) is 126 Å². The minimum absolute atomic E-state index is 0.0220. The minimum atomic E-state index is -2.43. The molecule has 2 bridgehead atoms. The molecular weight excluding hydrogens is 835 g/mol. The zero-order chi connectivity index (χ0) is 48.2. The van der Waals surface area contributed by atoms with Crippen molar-refractivity contribution in [3.63, 3.8) is 0 Å². The number of hydrogen-bond donors (Lipinski definition) is 3. The molecule has 4 aliphatic rings. The fraction of sp³-hybridized carbons (Fsp3) is 0.745. The molecule has 0 aromatic carbocycles. The van der Waals surface area contributed by atoms with Gasteiger partial charge in [0.05, 0.1) is 30.5 Å². The zero-order valence-corrected chi connectivity index (χ0v) is 40.6. The first-order valence-corrected chi connectivity index (χ1v) is 23.9. The third kappa shape index (κ3) is 14.3. The number of aliphatic hydroxyl groups is 3. The number of aliphatic hydroxyl groups excluding tert-OH is 2. The van der Waals surface area contributed by atoms with Crippen LogP contribution in [0.15, 0.2) is 47.6 Å². The molecule has 0 radical (unpaired) electrons. The molecule has 1 amide bonds. The third-order valence-electron chi connectivity index (χ3n) is 14.5. The summed E-state index contributed by atoms with van der Waals surface area (Å²) in [5.41, 5.74) is 1.19. The number of amides is 1. The molecule has 3 aliphatic heterocycles. The highest BCUT2D eigenvalue weighted by Gasteiger charge is 2.53. The predicted molar refractivity (Wildman–Crippen MR) is 245 cm³/mol. The van der Waals surface area contributed by atoms with Gasteiger partial charge < -0.3 is 43.9 Å². The Kier molecular flexibility index (Phi) is 21.0. The van der Waals surface area contributed by atoms with Gasteiger partial charge in [-0.15, -0.1) is 0 Å². The fourth-order valence-corrected chi connectivity index (χ4v) is 10.1. The number of carbonyl (C=O) groups is 5. The van der Waals surface area contributed by atoms with Crippen molar-refractivity contribution in [3.8, 4) is 0 Å². The maximum atomic E-state index is 14.4. The van der Waals surface area contributed by atoms with Gasteiger partial charge in [-0.25, -0.2) is 4.79 Å². The van der Waals surface area contributed by atoms with Gasteiger partial charge in [-0.05, 0) is 107 Å². The Labute approximate surface area is 387 Å². The van der Waals surface area contributed by atoms with Crippen LogP contribution in [0, 0.1) is 35.5 Å². The largest absolute Gasteiger partial charge is 0.460 e. The molecule has 2 unspecified atom stereocenters.